The molecule has 1 aliphatic heterocycles. The number of amides is 1. The zero-order chi connectivity index (χ0) is 10.4. The van der Waals surface area contributed by atoms with E-state index >= 15 is 0 Å². The lowest BCUT2D eigenvalue weighted by molar-refractivity contribution is -0.122. The van der Waals surface area contributed by atoms with E-state index in [2.05, 4.69) is 10.2 Å². The summed E-state index contributed by atoms with van der Waals surface area (Å²) in [4.78, 5) is 13.3. The van der Waals surface area contributed by atoms with Gasteiger partial charge in [0.15, 0.2) is 0 Å². The first-order valence-corrected chi connectivity index (χ1v) is 5.30. The molecule has 0 spiro atoms. The van der Waals surface area contributed by atoms with Crippen LogP contribution in [-0.2, 0) is 9.53 Å². The Bertz CT molecular complexity index is 183. The van der Waals surface area contributed by atoms with Gasteiger partial charge in [-0.1, -0.05) is 0 Å². The fraction of sp³-hybridized carbons (Fsp3) is 0.900. The molecule has 0 aromatic carbocycles. The number of nitrogens with zero attached hydrogens (tertiary/aromatic N) is 1. The third-order valence-electron chi connectivity index (χ3n) is 2.51. The summed E-state index contributed by atoms with van der Waals surface area (Å²) in [6.07, 6.45) is 2.57. The van der Waals surface area contributed by atoms with Crippen molar-refractivity contribution in [3.8, 4) is 0 Å². The fourth-order valence-corrected chi connectivity index (χ4v) is 1.81. The Labute approximate surface area is 85.6 Å². The van der Waals surface area contributed by atoms with Gasteiger partial charge in [0.2, 0.25) is 5.91 Å². The van der Waals surface area contributed by atoms with Gasteiger partial charge < -0.3 is 10.1 Å². The number of nitrogens with one attached hydrogen (secondary N) is 1. The fourth-order valence-electron chi connectivity index (χ4n) is 1.81. The maximum atomic E-state index is 11.2. The molecular formula is C10H20N2O2. The van der Waals surface area contributed by atoms with Crippen LogP contribution < -0.4 is 5.32 Å². The molecule has 1 amide bonds. The molecule has 82 valence electrons. The monoisotopic (exact) mass is 200 g/mol. The molecule has 0 aromatic heterocycles. The van der Waals surface area contributed by atoms with Crippen molar-refractivity contribution in [3.63, 3.8) is 0 Å². The lowest BCUT2D eigenvalue weighted by atomic mass is 10.1. The largest absolute Gasteiger partial charge is 0.377 e. The first-order valence-electron chi connectivity index (χ1n) is 5.30. The lowest BCUT2D eigenvalue weighted by Crippen LogP contribution is -2.44. The molecule has 1 fully saturated rings. The Morgan fingerprint density at radius 1 is 1.64 bits per heavy atom. The number of carbonyl (C=O) groups excluding carboxylic acids is 1. The number of hydrogen-bond acceptors (Lipinski definition) is 3. The predicted octanol–water partition coefficient (Wildman–Crippen LogP) is 0.233. The average molecular weight is 200 g/mol. The number of hydrogen-bond donors (Lipinski definition) is 1. The van der Waals surface area contributed by atoms with E-state index in [0.29, 0.717) is 12.6 Å². The highest BCUT2D eigenvalue weighted by atomic mass is 16.5. The van der Waals surface area contributed by atoms with E-state index in [0.717, 1.165) is 32.5 Å². The Balaban J connectivity index is 2.28. The number of likely N-dealkylation sites (N-methyl/N-ethyl adjacent to an activating group) is 1. The zero-order valence-electron chi connectivity index (χ0n) is 9.08. The molecule has 0 aromatic rings. The smallest absolute Gasteiger partial charge is 0.233 e. The summed E-state index contributed by atoms with van der Waals surface area (Å²) >= 11 is 0. The van der Waals surface area contributed by atoms with Crippen molar-refractivity contribution in [2.45, 2.75) is 25.9 Å². The second kappa shape index (κ2) is 5.98. The highest BCUT2D eigenvalue weighted by Crippen LogP contribution is 2.12. The van der Waals surface area contributed by atoms with Gasteiger partial charge in [0, 0.05) is 20.2 Å². The average Bonchev–Trinajstić information content (AvgIpc) is 2.19. The Hall–Kier alpha value is -0.610. The highest BCUT2D eigenvalue weighted by molar-refractivity contribution is 5.77. The van der Waals surface area contributed by atoms with Gasteiger partial charge in [-0.15, -0.1) is 0 Å². The van der Waals surface area contributed by atoms with Crippen molar-refractivity contribution in [3.05, 3.63) is 0 Å². The number of piperidine rings is 1. The second-order valence-corrected chi connectivity index (χ2v) is 3.63. The van der Waals surface area contributed by atoms with E-state index in [1.54, 1.807) is 7.05 Å². The van der Waals surface area contributed by atoms with Gasteiger partial charge in [-0.05, 0) is 26.3 Å². The summed E-state index contributed by atoms with van der Waals surface area (Å²) in [5.74, 6) is 0.0853. The number of rotatable bonds is 4. The SMILES string of the molecule is CCOC1CCCN(CC(=O)NC)C1. The van der Waals surface area contributed by atoms with Crippen LogP contribution in [0, 0.1) is 0 Å². The molecule has 1 aliphatic rings. The van der Waals surface area contributed by atoms with Crippen LogP contribution in [0.2, 0.25) is 0 Å². The number of ether oxygens (including phenoxy) is 1. The van der Waals surface area contributed by atoms with Gasteiger partial charge >= 0.3 is 0 Å². The minimum atomic E-state index is 0.0853. The minimum absolute atomic E-state index is 0.0853. The van der Waals surface area contributed by atoms with E-state index in [9.17, 15) is 4.79 Å². The minimum Gasteiger partial charge on any atom is -0.377 e. The molecule has 1 N–H and O–H groups in total. The van der Waals surface area contributed by atoms with Crippen molar-refractivity contribution in [1.82, 2.24) is 10.2 Å². The summed E-state index contributed by atoms with van der Waals surface area (Å²) < 4.78 is 5.55. The molecule has 1 rings (SSSR count). The normalized spacial score (nSPS) is 23.4. The Morgan fingerprint density at radius 2 is 2.43 bits per heavy atom. The maximum Gasteiger partial charge on any atom is 0.233 e. The molecule has 1 unspecified atom stereocenters. The van der Waals surface area contributed by atoms with Crippen LogP contribution in [0.25, 0.3) is 0 Å². The molecule has 0 aliphatic carbocycles. The predicted molar refractivity (Wildman–Crippen MR) is 55.2 cm³/mol. The maximum absolute atomic E-state index is 11.2. The molecule has 1 heterocycles. The van der Waals surface area contributed by atoms with Crippen LogP contribution in [0.1, 0.15) is 19.8 Å². The molecule has 0 saturated carbocycles. The van der Waals surface area contributed by atoms with E-state index in [1.807, 2.05) is 6.92 Å². The van der Waals surface area contributed by atoms with Crippen LogP contribution in [0.3, 0.4) is 0 Å². The van der Waals surface area contributed by atoms with Crippen LogP contribution in [-0.4, -0.2) is 50.2 Å². The third kappa shape index (κ3) is 3.64. The lowest BCUT2D eigenvalue weighted by Gasteiger charge is -2.31. The quantitative estimate of drug-likeness (QED) is 0.706. The zero-order valence-corrected chi connectivity index (χ0v) is 9.08. The van der Waals surface area contributed by atoms with Gasteiger partial charge in [0.05, 0.1) is 12.6 Å². The molecule has 0 radical (unpaired) electrons. The molecular weight excluding hydrogens is 180 g/mol. The summed E-state index contributed by atoms with van der Waals surface area (Å²) in [5.41, 5.74) is 0. The van der Waals surface area contributed by atoms with E-state index < -0.39 is 0 Å². The van der Waals surface area contributed by atoms with Crippen molar-refractivity contribution in [2.24, 2.45) is 0 Å². The van der Waals surface area contributed by atoms with Gasteiger partial charge in [-0.3, -0.25) is 9.69 Å². The van der Waals surface area contributed by atoms with E-state index in [1.165, 1.54) is 0 Å². The van der Waals surface area contributed by atoms with Gasteiger partial charge in [0.1, 0.15) is 0 Å². The number of likely N-dealkylation sites (tertiary alicyclic amines) is 1. The summed E-state index contributed by atoms with van der Waals surface area (Å²) in [6.45, 7) is 5.18. The summed E-state index contributed by atoms with van der Waals surface area (Å²) in [5, 5.41) is 2.64. The third-order valence-corrected chi connectivity index (χ3v) is 2.51. The first-order chi connectivity index (χ1) is 6.76. The molecule has 14 heavy (non-hydrogen) atoms. The molecule has 4 heteroatoms. The molecule has 1 atom stereocenters. The van der Waals surface area contributed by atoms with Crippen molar-refractivity contribution in [2.75, 3.05) is 33.3 Å². The second-order valence-electron chi connectivity index (χ2n) is 3.63. The van der Waals surface area contributed by atoms with Crippen molar-refractivity contribution in [1.29, 1.82) is 0 Å². The Kier molecular flexibility index (Phi) is 4.90. The summed E-state index contributed by atoms with van der Waals surface area (Å²) in [7, 11) is 1.67. The van der Waals surface area contributed by atoms with Crippen LogP contribution in [0.15, 0.2) is 0 Å². The topological polar surface area (TPSA) is 41.6 Å². The van der Waals surface area contributed by atoms with E-state index in [4.69, 9.17) is 4.74 Å². The van der Waals surface area contributed by atoms with Crippen molar-refractivity contribution >= 4 is 5.91 Å². The van der Waals surface area contributed by atoms with Crippen molar-refractivity contribution < 1.29 is 9.53 Å². The highest BCUT2D eigenvalue weighted by Gasteiger charge is 2.20. The van der Waals surface area contributed by atoms with Gasteiger partial charge in [0.25, 0.3) is 0 Å². The number of carbonyl (C=O) groups is 1. The standard InChI is InChI=1S/C10H20N2O2/c1-3-14-9-5-4-6-12(7-9)8-10(13)11-2/h9H,3-8H2,1-2H3,(H,11,13). The van der Waals surface area contributed by atoms with Gasteiger partial charge in [-0.2, -0.15) is 0 Å². The van der Waals surface area contributed by atoms with Crippen LogP contribution >= 0.6 is 0 Å². The van der Waals surface area contributed by atoms with E-state index in [-0.39, 0.29) is 5.91 Å². The van der Waals surface area contributed by atoms with Crippen LogP contribution in [0.5, 0.6) is 0 Å². The van der Waals surface area contributed by atoms with Crippen LogP contribution in [0.4, 0.5) is 0 Å². The summed E-state index contributed by atoms with van der Waals surface area (Å²) in [6, 6.07) is 0. The molecule has 4 nitrogen and oxygen atoms in total. The van der Waals surface area contributed by atoms with Gasteiger partial charge in [-0.25, -0.2) is 0 Å². The Morgan fingerprint density at radius 3 is 3.07 bits per heavy atom. The first kappa shape index (κ1) is 11.5. The molecule has 0 bridgehead atoms. The molecule has 1 saturated heterocycles.